The van der Waals surface area contributed by atoms with Gasteiger partial charge >= 0.3 is 0 Å². The maximum Gasteiger partial charge on any atom is 0.0352 e. The van der Waals surface area contributed by atoms with E-state index in [1.807, 2.05) is 0 Å². The first-order chi connectivity index (χ1) is 12.4. The Morgan fingerprint density at radius 3 is 2.00 bits per heavy atom. The van der Waals surface area contributed by atoms with Crippen molar-refractivity contribution in [3.8, 4) is 0 Å². The molecule has 118 valence electrons. The van der Waals surface area contributed by atoms with Crippen LogP contribution >= 0.6 is 0 Å². The molecule has 0 aromatic heterocycles. The minimum absolute atomic E-state index is 0.266. The molecule has 4 aromatic carbocycles. The lowest BCUT2D eigenvalue weighted by Crippen LogP contribution is -2.09. The number of rotatable bonds is 2. The van der Waals surface area contributed by atoms with Gasteiger partial charge in [-0.05, 0) is 44.7 Å². The van der Waals surface area contributed by atoms with Gasteiger partial charge in [0.05, 0.1) is 0 Å². The molecule has 0 heterocycles. The van der Waals surface area contributed by atoms with E-state index in [0.29, 0.717) is 0 Å². The quantitative estimate of drug-likeness (QED) is 0.394. The summed E-state index contributed by atoms with van der Waals surface area (Å²) in [5.41, 5.74) is 6.74. The van der Waals surface area contributed by atoms with Gasteiger partial charge in [0.1, 0.15) is 0 Å². The van der Waals surface area contributed by atoms with Gasteiger partial charge in [-0.15, -0.1) is 0 Å². The van der Waals surface area contributed by atoms with E-state index in [9.17, 15) is 0 Å². The van der Waals surface area contributed by atoms with Crippen molar-refractivity contribution < 1.29 is 0 Å². The summed E-state index contributed by atoms with van der Waals surface area (Å²) in [7, 11) is 0. The third kappa shape index (κ3) is 2.30. The van der Waals surface area contributed by atoms with Crippen LogP contribution in [0.25, 0.3) is 22.4 Å². The first-order valence-corrected chi connectivity index (χ1v) is 8.75. The van der Waals surface area contributed by atoms with Crippen LogP contribution in [-0.4, -0.2) is 0 Å². The fraction of sp³-hybridized carbons (Fsp3) is 0.0400. The van der Waals surface area contributed by atoms with Crippen molar-refractivity contribution in [1.82, 2.24) is 0 Å². The van der Waals surface area contributed by atoms with Crippen molar-refractivity contribution in [2.75, 3.05) is 0 Å². The molecule has 0 bridgehead atoms. The third-order valence-corrected chi connectivity index (χ3v) is 5.14. The van der Waals surface area contributed by atoms with E-state index in [2.05, 4.69) is 103 Å². The average molecular weight is 318 g/mol. The van der Waals surface area contributed by atoms with Crippen LogP contribution in [0.5, 0.6) is 0 Å². The van der Waals surface area contributed by atoms with Gasteiger partial charge in [0, 0.05) is 5.92 Å². The summed E-state index contributed by atoms with van der Waals surface area (Å²) in [5, 5.41) is 2.71. The Morgan fingerprint density at radius 2 is 1.24 bits per heavy atom. The lowest BCUT2D eigenvalue weighted by Gasteiger charge is -2.28. The highest BCUT2D eigenvalue weighted by Crippen LogP contribution is 2.46. The summed E-state index contributed by atoms with van der Waals surface area (Å²) in [4.78, 5) is 0. The molecule has 0 heteroatoms. The molecule has 0 radical (unpaired) electrons. The van der Waals surface area contributed by atoms with Gasteiger partial charge in [-0.1, -0.05) is 97.1 Å². The fourth-order valence-corrected chi connectivity index (χ4v) is 4.06. The van der Waals surface area contributed by atoms with Crippen LogP contribution in [0, 0.1) is 0 Å². The molecular formula is C25H18. The summed E-state index contributed by atoms with van der Waals surface area (Å²) in [5.74, 6) is 0.266. The molecule has 1 unspecified atom stereocenters. The molecule has 25 heavy (non-hydrogen) atoms. The molecule has 1 aliphatic rings. The second kappa shape index (κ2) is 5.75. The van der Waals surface area contributed by atoms with Crippen molar-refractivity contribution in [1.29, 1.82) is 0 Å². The molecule has 0 spiro atoms. The summed E-state index contributed by atoms with van der Waals surface area (Å²) in [6.45, 7) is 0. The Morgan fingerprint density at radius 1 is 0.560 bits per heavy atom. The molecule has 0 aliphatic heterocycles. The van der Waals surface area contributed by atoms with Gasteiger partial charge in [-0.3, -0.25) is 0 Å². The monoisotopic (exact) mass is 318 g/mol. The lowest BCUT2D eigenvalue weighted by molar-refractivity contribution is 1.06. The van der Waals surface area contributed by atoms with Crippen LogP contribution in [0.1, 0.15) is 28.2 Å². The second-order valence-electron chi connectivity index (χ2n) is 6.60. The molecule has 0 fully saturated rings. The van der Waals surface area contributed by atoms with E-state index in [-0.39, 0.29) is 5.92 Å². The van der Waals surface area contributed by atoms with Crippen molar-refractivity contribution in [3.63, 3.8) is 0 Å². The van der Waals surface area contributed by atoms with E-state index in [4.69, 9.17) is 0 Å². The zero-order chi connectivity index (χ0) is 16.6. The highest BCUT2D eigenvalue weighted by atomic mass is 14.3. The van der Waals surface area contributed by atoms with Gasteiger partial charge in [-0.2, -0.15) is 0 Å². The molecule has 1 aliphatic carbocycles. The van der Waals surface area contributed by atoms with Gasteiger partial charge in [-0.25, -0.2) is 0 Å². The van der Waals surface area contributed by atoms with E-state index < -0.39 is 0 Å². The summed E-state index contributed by atoms with van der Waals surface area (Å²) in [6.07, 6.45) is 2.38. The van der Waals surface area contributed by atoms with E-state index >= 15 is 0 Å². The summed E-state index contributed by atoms with van der Waals surface area (Å²) in [6, 6.07) is 34.9. The lowest BCUT2D eigenvalue weighted by atomic mass is 9.75. The van der Waals surface area contributed by atoms with Crippen molar-refractivity contribution >= 4 is 22.4 Å². The van der Waals surface area contributed by atoms with E-state index in [1.165, 1.54) is 38.6 Å². The molecule has 0 nitrogen and oxygen atoms in total. The minimum Gasteiger partial charge on any atom is -0.0622 e. The van der Waals surface area contributed by atoms with Crippen molar-refractivity contribution in [2.45, 2.75) is 5.92 Å². The summed E-state index contributed by atoms with van der Waals surface area (Å²) >= 11 is 0. The zero-order valence-electron chi connectivity index (χ0n) is 13.9. The van der Waals surface area contributed by atoms with Gasteiger partial charge < -0.3 is 0 Å². The van der Waals surface area contributed by atoms with Gasteiger partial charge in [0.25, 0.3) is 0 Å². The molecule has 0 amide bonds. The number of allylic oxidation sites excluding steroid dienone is 1. The summed E-state index contributed by atoms with van der Waals surface area (Å²) < 4.78 is 0. The van der Waals surface area contributed by atoms with Crippen LogP contribution in [0.3, 0.4) is 0 Å². The number of hydrogen-bond donors (Lipinski definition) is 0. The van der Waals surface area contributed by atoms with Crippen molar-refractivity contribution in [3.05, 3.63) is 119 Å². The Kier molecular flexibility index (Phi) is 3.28. The van der Waals surface area contributed by atoms with Crippen LogP contribution in [0.2, 0.25) is 0 Å². The predicted octanol–water partition coefficient (Wildman–Crippen LogP) is 6.53. The minimum atomic E-state index is 0.266. The first-order valence-electron chi connectivity index (χ1n) is 8.75. The van der Waals surface area contributed by atoms with E-state index in [0.717, 1.165) is 0 Å². The standard InChI is InChI=1S/C25H18/c1-3-9-18(10-4-1)23-17-21-15-7-13-19-14-8-16-22(24(19)21)25(23)20-11-5-2-6-12-20/h1-17,25H. The maximum absolute atomic E-state index is 2.38. The Hall–Kier alpha value is -3.12. The normalized spacial score (nSPS) is 15.8. The Balaban J connectivity index is 1.85. The number of benzene rings is 4. The zero-order valence-corrected chi connectivity index (χ0v) is 13.9. The second-order valence-corrected chi connectivity index (χ2v) is 6.60. The smallest absolute Gasteiger partial charge is 0.0352 e. The maximum atomic E-state index is 2.38. The molecule has 0 saturated carbocycles. The Bertz CT molecular complexity index is 1070. The van der Waals surface area contributed by atoms with Crippen LogP contribution in [0.4, 0.5) is 0 Å². The van der Waals surface area contributed by atoms with Gasteiger partial charge in [0.2, 0.25) is 0 Å². The molecular weight excluding hydrogens is 300 g/mol. The molecule has 5 rings (SSSR count). The molecule has 0 saturated heterocycles. The SMILES string of the molecule is C1=C(c2ccccc2)C(c2ccccc2)c2cccc3cccc1c23. The van der Waals surface area contributed by atoms with Crippen molar-refractivity contribution in [2.24, 2.45) is 0 Å². The molecule has 4 aromatic rings. The molecule has 0 N–H and O–H groups in total. The third-order valence-electron chi connectivity index (χ3n) is 5.14. The van der Waals surface area contributed by atoms with Gasteiger partial charge in [0.15, 0.2) is 0 Å². The predicted molar refractivity (Wildman–Crippen MR) is 107 cm³/mol. The van der Waals surface area contributed by atoms with Crippen LogP contribution < -0.4 is 0 Å². The van der Waals surface area contributed by atoms with Crippen LogP contribution in [-0.2, 0) is 0 Å². The number of hydrogen-bond acceptors (Lipinski definition) is 0. The first kappa shape index (κ1) is 14.2. The largest absolute Gasteiger partial charge is 0.0622 e. The fourth-order valence-electron chi connectivity index (χ4n) is 4.06. The molecule has 1 atom stereocenters. The average Bonchev–Trinajstić information content (AvgIpc) is 2.69. The Labute approximate surface area is 148 Å². The van der Waals surface area contributed by atoms with E-state index in [1.54, 1.807) is 0 Å². The highest BCUT2D eigenvalue weighted by molar-refractivity contribution is 6.04. The highest BCUT2D eigenvalue weighted by Gasteiger charge is 2.26. The topological polar surface area (TPSA) is 0 Å². The van der Waals surface area contributed by atoms with Crippen LogP contribution in [0.15, 0.2) is 97.1 Å².